The van der Waals surface area contributed by atoms with Crippen LogP contribution in [-0.4, -0.2) is 29.2 Å². The van der Waals surface area contributed by atoms with Crippen molar-refractivity contribution in [3.05, 3.63) is 53.1 Å². The van der Waals surface area contributed by atoms with Gasteiger partial charge in [-0.25, -0.2) is 0 Å². The molecule has 162 valence electrons. The Morgan fingerprint density at radius 2 is 1.94 bits per heavy atom. The van der Waals surface area contributed by atoms with Crippen molar-refractivity contribution < 1.29 is 14.9 Å². The monoisotopic (exact) mass is 418 g/mol. The molecular formula is C26H30N2O3. The largest absolute Gasteiger partial charge is 0.508 e. The average molecular weight is 419 g/mol. The van der Waals surface area contributed by atoms with E-state index in [1.807, 2.05) is 18.2 Å². The summed E-state index contributed by atoms with van der Waals surface area (Å²) in [5.74, 6) is 2.89. The van der Waals surface area contributed by atoms with Crippen LogP contribution in [0.1, 0.15) is 61.6 Å². The summed E-state index contributed by atoms with van der Waals surface area (Å²) in [4.78, 5) is 0. The topological polar surface area (TPSA) is 74.4 Å². The van der Waals surface area contributed by atoms with Gasteiger partial charge in [0.2, 0.25) is 0 Å². The van der Waals surface area contributed by atoms with Crippen molar-refractivity contribution in [2.75, 3.05) is 7.11 Å². The van der Waals surface area contributed by atoms with E-state index in [-0.39, 0.29) is 11.2 Å². The van der Waals surface area contributed by atoms with Crippen LogP contribution < -0.4 is 4.74 Å². The van der Waals surface area contributed by atoms with Crippen LogP contribution in [0, 0.1) is 17.3 Å². The van der Waals surface area contributed by atoms with Gasteiger partial charge in [-0.3, -0.25) is 0 Å². The first-order valence-electron chi connectivity index (χ1n) is 11.3. The van der Waals surface area contributed by atoms with Gasteiger partial charge in [0.05, 0.1) is 13.3 Å². The van der Waals surface area contributed by atoms with E-state index >= 15 is 0 Å². The molecule has 0 bridgehead atoms. The summed E-state index contributed by atoms with van der Waals surface area (Å²) in [7, 11) is 1.54. The number of methoxy groups -OCH3 is 1. The first-order chi connectivity index (χ1) is 15.0. The maximum Gasteiger partial charge on any atom is 0.161 e. The van der Waals surface area contributed by atoms with Gasteiger partial charge < -0.3 is 14.9 Å². The molecule has 5 nitrogen and oxygen atoms in total. The molecule has 0 saturated heterocycles. The first kappa shape index (κ1) is 20.1. The third-order valence-corrected chi connectivity index (χ3v) is 8.04. The Balaban J connectivity index is 1.36. The predicted octanol–water partition coefficient (Wildman–Crippen LogP) is 5.44. The molecule has 2 aromatic carbocycles. The Hall–Kier alpha value is -2.82. The molecule has 0 amide bonds. The van der Waals surface area contributed by atoms with Gasteiger partial charge in [-0.15, -0.1) is 0 Å². The minimum Gasteiger partial charge on any atom is -0.508 e. The fraction of sp³-hybridized carbons (Fsp3) is 0.462. The zero-order chi connectivity index (χ0) is 21.6. The summed E-state index contributed by atoms with van der Waals surface area (Å²) in [6, 6.07) is 11.2. The van der Waals surface area contributed by atoms with E-state index in [9.17, 15) is 10.2 Å². The molecule has 31 heavy (non-hydrogen) atoms. The number of aromatic hydroxyl groups is 2. The lowest BCUT2D eigenvalue weighted by molar-refractivity contribution is 0.0955. The Labute approximate surface area is 183 Å². The van der Waals surface area contributed by atoms with Gasteiger partial charge in [0, 0.05) is 11.1 Å². The lowest BCUT2D eigenvalue weighted by Crippen LogP contribution is -2.42. The fourth-order valence-corrected chi connectivity index (χ4v) is 6.46. The van der Waals surface area contributed by atoms with Crippen LogP contribution in [0.2, 0.25) is 0 Å². The molecule has 2 fully saturated rings. The zero-order valence-electron chi connectivity index (χ0n) is 18.2. The van der Waals surface area contributed by atoms with E-state index in [4.69, 9.17) is 9.84 Å². The van der Waals surface area contributed by atoms with Gasteiger partial charge in [-0.2, -0.15) is 10.2 Å². The van der Waals surface area contributed by atoms with Crippen molar-refractivity contribution in [3.63, 3.8) is 0 Å². The van der Waals surface area contributed by atoms with E-state index in [1.165, 1.54) is 36.1 Å². The van der Waals surface area contributed by atoms with Crippen LogP contribution >= 0.6 is 0 Å². The number of ether oxygens (including phenoxy) is 1. The molecule has 4 atom stereocenters. The van der Waals surface area contributed by atoms with Crippen LogP contribution in [-0.2, 0) is 6.42 Å². The van der Waals surface area contributed by atoms with Crippen LogP contribution in [0.15, 0.2) is 46.6 Å². The minimum absolute atomic E-state index is 0.123. The van der Waals surface area contributed by atoms with Crippen molar-refractivity contribution in [2.24, 2.45) is 27.5 Å². The number of benzene rings is 2. The number of aryl methyl sites for hydroxylation is 1. The standard InChI is InChI=1S/C26H30N2O3/c1-26-12-11-20-19-7-5-18(29)14-17(19)4-6-21(20)22(26)8-10-25(26)28-27-15-16-3-9-23(30)24(13-16)31-2/h3,5,7,9,13-15,20-22,29-30H,4,6,8,10-12H2,1-2H3. The zero-order valence-corrected chi connectivity index (χ0v) is 18.2. The third-order valence-electron chi connectivity index (χ3n) is 8.04. The summed E-state index contributed by atoms with van der Waals surface area (Å²) >= 11 is 0. The number of phenols is 2. The third kappa shape index (κ3) is 3.40. The Bertz CT molecular complexity index is 1060. The molecule has 3 aliphatic carbocycles. The second-order valence-electron chi connectivity index (χ2n) is 9.52. The van der Waals surface area contributed by atoms with E-state index in [0.717, 1.165) is 24.8 Å². The van der Waals surface area contributed by atoms with E-state index in [1.54, 1.807) is 25.5 Å². The summed E-state index contributed by atoms with van der Waals surface area (Å²) in [6.45, 7) is 2.39. The molecule has 2 saturated carbocycles. The van der Waals surface area contributed by atoms with Crippen LogP contribution in [0.4, 0.5) is 0 Å². The van der Waals surface area contributed by atoms with E-state index < -0.39 is 0 Å². The SMILES string of the molecule is COc1cc(C=NN=C2CCC3C4CCc5cc(O)ccc5C4CCC23C)ccc1O. The highest BCUT2D eigenvalue weighted by Gasteiger charge is 2.53. The molecule has 0 radical (unpaired) electrons. The van der Waals surface area contributed by atoms with Gasteiger partial charge in [0.15, 0.2) is 11.5 Å². The molecule has 0 aromatic heterocycles. The normalized spacial score (nSPS) is 30.8. The highest BCUT2D eigenvalue weighted by atomic mass is 16.5. The molecule has 0 aliphatic heterocycles. The molecule has 4 unspecified atom stereocenters. The molecular weight excluding hydrogens is 388 g/mol. The number of hydrogen-bond donors (Lipinski definition) is 2. The quantitative estimate of drug-likeness (QED) is 0.515. The molecule has 5 rings (SSSR count). The molecule has 0 spiro atoms. The number of hydrogen-bond acceptors (Lipinski definition) is 5. The van der Waals surface area contributed by atoms with Gasteiger partial charge in [-0.05, 0) is 103 Å². The van der Waals surface area contributed by atoms with Gasteiger partial charge in [0.1, 0.15) is 5.75 Å². The van der Waals surface area contributed by atoms with Crippen molar-refractivity contribution in [1.82, 2.24) is 0 Å². The van der Waals surface area contributed by atoms with Crippen LogP contribution in [0.25, 0.3) is 0 Å². The van der Waals surface area contributed by atoms with Crippen molar-refractivity contribution >= 4 is 11.9 Å². The lowest BCUT2D eigenvalue weighted by atomic mass is 9.55. The summed E-state index contributed by atoms with van der Waals surface area (Å²) in [5, 5.41) is 28.7. The van der Waals surface area contributed by atoms with Crippen molar-refractivity contribution in [3.8, 4) is 17.2 Å². The smallest absolute Gasteiger partial charge is 0.161 e. The van der Waals surface area contributed by atoms with Gasteiger partial charge in [0.25, 0.3) is 0 Å². The maximum absolute atomic E-state index is 9.87. The second-order valence-corrected chi connectivity index (χ2v) is 9.52. The predicted molar refractivity (Wildman–Crippen MR) is 122 cm³/mol. The molecule has 3 aliphatic rings. The van der Waals surface area contributed by atoms with Crippen molar-refractivity contribution in [2.45, 2.75) is 51.4 Å². The highest BCUT2D eigenvalue weighted by Crippen LogP contribution is 2.60. The average Bonchev–Trinajstić information content (AvgIpc) is 3.11. The number of rotatable bonds is 3. The van der Waals surface area contributed by atoms with Crippen LogP contribution in [0.3, 0.4) is 0 Å². The molecule has 2 N–H and O–H groups in total. The first-order valence-corrected chi connectivity index (χ1v) is 11.3. The maximum atomic E-state index is 9.87. The molecule has 0 heterocycles. The van der Waals surface area contributed by atoms with Crippen LogP contribution in [0.5, 0.6) is 17.2 Å². The van der Waals surface area contributed by atoms with E-state index in [2.05, 4.69) is 18.1 Å². The summed E-state index contributed by atoms with van der Waals surface area (Å²) in [6.07, 6.45) is 8.51. The Morgan fingerprint density at radius 1 is 1.06 bits per heavy atom. The number of nitrogens with zero attached hydrogens (tertiary/aromatic N) is 2. The number of fused-ring (bicyclic) bond motifs is 5. The number of phenolic OH excluding ortho intramolecular Hbond substituents is 2. The van der Waals surface area contributed by atoms with Crippen molar-refractivity contribution in [1.29, 1.82) is 0 Å². The summed E-state index contributed by atoms with van der Waals surface area (Å²) in [5.41, 5.74) is 5.01. The van der Waals surface area contributed by atoms with E-state index in [0.29, 0.717) is 29.3 Å². The van der Waals surface area contributed by atoms with Gasteiger partial charge >= 0.3 is 0 Å². The minimum atomic E-state index is 0.123. The fourth-order valence-electron chi connectivity index (χ4n) is 6.46. The summed E-state index contributed by atoms with van der Waals surface area (Å²) < 4.78 is 5.17. The lowest BCUT2D eigenvalue weighted by Gasteiger charge is -2.49. The molecule has 2 aromatic rings. The Morgan fingerprint density at radius 3 is 2.77 bits per heavy atom. The molecule has 5 heteroatoms. The highest BCUT2D eigenvalue weighted by molar-refractivity contribution is 5.93. The van der Waals surface area contributed by atoms with Gasteiger partial charge in [-0.1, -0.05) is 13.0 Å². The second kappa shape index (κ2) is 7.70. The Kier molecular flexibility index (Phi) is 4.99.